The molecule has 0 saturated carbocycles. The van der Waals surface area contributed by atoms with E-state index in [1.807, 2.05) is 38.1 Å². The Kier molecular flexibility index (Phi) is 8.21. The minimum absolute atomic E-state index is 0.206. The van der Waals surface area contributed by atoms with Gasteiger partial charge in [0, 0.05) is 12.4 Å². The molecular weight excluding hydrogens is 308 g/mol. The van der Waals surface area contributed by atoms with E-state index < -0.39 is 11.1 Å². The van der Waals surface area contributed by atoms with Gasteiger partial charge in [0.2, 0.25) is 0 Å². The van der Waals surface area contributed by atoms with Gasteiger partial charge in [-0.25, -0.2) is 0 Å². The molecule has 0 aliphatic heterocycles. The van der Waals surface area contributed by atoms with Crippen molar-refractivity contribution in [3.63, 3.8) is 0 Å². The number of rotatable bonds is 10. The van der Waals surface area contributed by atoms with Gasteiger partial charge in [0.25, 0.3) is 0 Å². The number of hydrogen-bond acceptors (Lipinski definition) is 6. The minimum Gasteiger partial charge on any atom is -0.394 e. The van der Waals surface area contributed by atoms with Crippen molar-refractivity contribution in [3.8, 4) is 0 Å². The average Bonchev–Trinajstić information content (AvgIpc) is 2.66. The number of aliphatic hydroxyl groups excluding tert-OH is 4. The van der Waals surface area contributed by atoms with E-state index in [0.29, 0.717) is 12.8 Å². The molecule has 6 nitrogen and oxygen atoms in total. The van der Waals surface area contributed by atoms with Crippen LogP contribution in [-0.2, 0) is 0 Å². The molecule has 0 spiro atoms. The van der Waals surface area contributed by atoms with Crippen LogP contribution < -0.4 is 0 Å². The number of benzene rings is 1. The molecule has 24 heavy (non-hydrogen) atoms. The number of nitrogens with zero attached hydrogens (tertiary/aromatic N) is 2. The van der Waals surface area contributed by atoms with Crippen LogP contribution >= 0.6 is 0 Å². The fourth-order valence-corrected chi connectivity index (χ4v) is 1.98. The van der Waals surface area contributed by atoms with Crippen LogP contribution in [0.4, 0.5) is 0 Å². The van der Waals surface area contributed by atoms with E-state index in [0.717, 1.165) is 11.1 Å². The van der Waals surface area contributed by atoms with Crippen molar-refractivity contribution in [1.82, 2.24) is 0 Å². The SMILES string of the molecule is CCC(CO)(CO)N=Cc1ccc(C=NC(CC)(CO)CO)cc1. The Balaban J connectivity index is 2.86. The van der Waals surface area contributed by atoms with Gasteiger partial charge in [0.15, 0.2) is 0 Å². The summed E-state index contributed by atoms with van der Waals surface area (Å²) in [5, 5.41) is 37.5. The molecule has 0 atom stereocenters. The van der Waals surface area contributed by atoms with E-state index in [1.165, 1.54) is 0 Å². The summed E-state index contributed by atoms with van der Waals surface area (Å²) in [4.78, 5) is 8.62. The van der Waals surface area contributed by atoms with E-state index in [4.69, 9.17) is 0 Å². The molecule has 4 N–H and O–H groups in total. The van der Waals surface area contributed by atoms with Gasteiger partial charge in [-0.05, 0) is 24.0 Å². The van der Waals surface area contributed by atoms with Gasteiger partial charge >= 0.3 is 0 Å². The van der Waals surface area contributed by atoms with Crippen molar-refractivity contribution in [1.29, 1.82) is 0 Å². The molecule has 6 heteroatoms. The molecule has 0 fully saturated rings. The Labute approximate surface area is 143 Å². The number of aliphatic imine (C=N–C) groups is 2. The van der Waals surface area contributed by atoms with Crippen LogP contribution in [0.2, 0.25) is 0 Å². The Morgan fingerprint density at radius 1 is 0.708 bits per heavy atom. The summed E-state index contributed by atoms with van der Waals surface area (Å²) >= 11 is 0. The Morgan fingerprint density at radius 2 is 1.00 bits per heavy atom. The molecule has 1 aromatic carbocycles. The first-order chi connectivity index (χ1) is 11.5. The molecule has 1 rings (SSSR count). The highest BCUT2D eigenvalue weighted by atomic mass is 16.3. The second-order valence-corrected chi connectivity index (χ2v) is 5.97. The fraction of sp³-hybridized carbons (Fsp3) is 0.556. The zero-order chi connectivity index (χ0) is 18.1. The Bertz CT molecular complexity index is 467. The van der Waals surface area contributed by atoms with Crippen LogP contribution in [-0.4, -0.2) is 70.4 Å². The van der Waals surface area contributed by atoms with Crippen LogP contribution in [0, 0.1) is 0 Å². The zero-order valence-corrected chi connectivity index (χ0v) is 14.4. The summed E-state index contributed by atoms with van der Waals surface area (Å²) in [5.41, 5.74) is 0.00237. The van der Waals surface area contributed by atoms with Crippen LogP contribution in [0.15, 0.2) is 34.3 Å². The number of hydrogen-bond donors (Lipinski definition) is 4. The van der Waals surface area contributed by atoms with Gasteiger partial charge < -0.3 is 20.4 Å². The molecule has 0 heterocycles. The highest BCUT2D eigenvalue weighted by Gasteiger charge is 2.25. The van der Waals surface area contributed by atoms with Crippen molar-refractivity contribution in [2.45, 2.75) is 37.8 Å². The third-order valence-electron chi connectivity index (χ3n) is 4.40. The third kappa shape index (κ3) is 5.21. The Hall–Kier alpha value is -1.60. The predicted octanol–water partition coefficient (Wildman–Crippen LogP) is 0.791. The van der Waals surface area contributed by atoms with Gasteiger partial charge in [-0.2, -0.15) is 0 Å². The predicted molar refractivity (Wildman–Crippen MR) is 96.0 cm³/mol. The fourth-order valence-electron chi connectivity index (χ4n) is 1.98. The summed E-state index contributed by atoms with van der Waals surface area (Å²) in [5.74, 6) is 0. The van der Waals surface area contributed by atoms with Crippen LogP contribution in [0.3, 0.4) is 0 Å². The lowest BCUT2D eigenvalue weighted by atomic mass is 9.99. The molecule has 0 aliphatic carbocycles. The summed E-state index contributed by atoms with van der Waals surface area (Å²) in [6, 6.07) is 7.41. The van der Waals surface area contributed by atoms with Crippen molar-refractivity contribution in [2.75, 3.05) is 26.4 Å². The lowest BCUT2D eigenvalue weighted by Gasteiger charge is -2.23. The summed E-state index contributed by atoms with van der Waals surface area (Å²) in [6.07, 6.45) is 4.36. The van der Waals surface area contributed by atoms with Gasteiger partial charge in [-0.1, -0.05) is 38.1 Å². The number of aliphatic hydroxyl groups is 4. The maximum Gasteiger partial charge on any atom is 0.106 e. The van der Waals surface area contributed by atoms with Crippen LogP contribution in [0.25, 0.3) is 0 Å². The molecule has 0 aromatic heterocycles. The van der Waals surface area contributed by atoms with Gasteiger partial charge in [0.05, 0.1) is 26.4 Å². The largest absolute Gasteiger partial charge is 0.394 e. The quantitative estimate of drug-likeness (QED) is 0.474. The maximum absolute atomic E-state index is 9.38. The Morgan fingerprint density at radius 3 is 1.21 bits per heavy atom. The van der Waals surface area contributed by atoms with Gasteiger partial charge in [-0.15, -0.1) is 0 Å². The maximum atomic E-state index is 9.38. The standard InChI is InChI=1S/C18H28N2O4/c1-3-17(11-21,12-22)19-9-15-5-7-16(8-6-15)10-20-18(4-2,13-23)14-24/h5-10,21-24H,3-4,11-14H2,1-2H3. The van der Waals surface area contributed by atoms with E-state index in [1.54, 1.807) is 12.4 Å². The molecule has 0 saturated heterocycles. The topological polar surface area (TPSA) is 106 Å². The van der Waals surface area contributed by atoms with E-state index in [-0.39, 0.29) is 26.4 Å². The van der Waals surface area contributed by atoms with Gasteiger partial charge in [0.1, 0.15) is 11.1 Å². The first-order valence-electron chi connectivity index (χ1n) is 8.16. The van der Waals surface area contributed by atoms with Crippen molar-refractivity contribution in [3.05, 3.63) is 35.4 Å². The monoisotopic (exact) mass is 336 g/mol. The van der Waals surface area contributed by atoms with Crippen LogP contribution in [0.5, 0.6) is 0 Å². The first-order valence-corrected chi connectivity index (χ1v) is 8.16. The second-order valence-electron chi connectivity index (χ2n) is 5.97. The molecule has 0 amide bonds. The minimum atomic E-state index is -0.844. The summed E-state index contributed by atoms with van der Waals surface area (Å²) in [7, 11) is 0. The molecule has 0 radical (unpaired) electrons. The molecule has 0 bridgehead atoms. The normalized spacial score (nSPS) is 13.2. The molecule has 134 valence electrons. The van der Waals surface area contributed by atoms with Crippen molar-refractivity contribution >= 4 is 12.4 Å². The molecule has 0 unspecified atom stereocenters. The molecule has 1 aromatic rings. The van der Waals surface area contributed by atoms with E-state index in [9.17, 15) is 20.4 Å². The second kappa shape index (κ2) is 9.64. The van der Waals surface area contributed by atoms with Crippen molar-refractivity contribution in [2.24, 2.45) is 9.98 Å². The van der Waals surface area contributed by atoms with Crippen molar-refractivity contribution < 1.29 is 20.4 Å². The average molecular weight is 336 g/mol. The van der Waals surface area contributed by atoms with E-state index in [2.05, 4.69) is 9.98 Å². The summed E-state index contributed by atoms with van der Waals surface area (Å²) in [6.45, 7) is 2.91. The highest BCUT2D eigenvalue weighted by Crippen LogP contribution is 2.16. The molecular formula is C18H28N2O4. The van der Waals surface area contributed by atoms with Crippen LogP contribution in [0.1, 0.15) is 37.8 Å². The third-order valence-corrected chi connectivity index (χ3v) is 4.40. The van der Waals surface area contributed by atoms with Gasteiger partial charge in [-0.3, -0.25) is 9.98 Å². The highest BCUT2D eigenvalue weighted by molar-refractivity contribution is 5.84. The lowest BCUT2D eigenvalue weighted by Crippen LogP contribution is -2.35. The first kappa shape index (κ1) is 20.4. The lowest BCUT2D eigenvalue weighted by molar-refractivity contribution is 0.120. The smallest absolute Gasteiger partial charge is 0.106 e. The summed E-state index contributed by atoms with van der Waals surface area (Å²) < 4.78 is 0. The molecule has 0 aliphatic rings. The van der Waals surface area contributed by atoms with E-state index >= 15 is 0 Å². The zero-order valence-electron chi connectivity index (χ0n) is 14.4.